The zero-order valence-electron chi connectivity index (χ0n) is 9.98. The lowest BCUT2D eigenvalue weighted by molar-refractivity contribution is -0.139. The van der Waals surface area contributed by atoms with Gasteiger partial charge >= 0.3 is 5.97 Å². The van der Waals surface area contributed by atoms with E-state index in [1.807, 2.05) is 0 Å². The molecule has 3 rings (SSSR count). The third kappa shape index (κ3) is 1.86. The van der Waals surface area contributed by atoms with Gasteiger partial charge in [-0.25, -0.2) is 0 Å². The summed E-state index contributed by atoms with van der Waals surface area (Å²) in [4.78, 5) is 11.1. The van der Waals surface area contributed by atoms with Gasteiger partial charge in [0.1, 0.15) is 0 Å². The fraction of sp³-hybridized carbons (Fsp3) is 0.533. The molecule has 0 unspecified atom stereocenters. The monoisotopic (exact) mass is 230 g/mol. The average molecular weight is 230 g/mol. The summed E-state index contributed by atoms with van der Waals surface area (Å²) in [6.07, 6.45) is 6.12. The SMILES string of the molecule is O=C(O)CC1(c2ccccc2C2CC2)CCC1. The summed E-state index contributed by atoms with van der Waals surface area (Å²) in [5, 5.41) is 9.12. The zero-order chi connectivity index (χ0) is 11.9. The molecule has 0 atom stereocenters. The van der Waals surface area contributed by atoms with E-state index < -0.39 is 5.97 Å². The van der Waals surface area contributed by atoms with E-state index in [2.05, 4.69) is 24.3 Å². The minimum atomic E-state index is -0.657. The molecule has 0 bridgehead atoms. The molecule has 2 aliphatic rings. The molecule has 0 spiro atoms. The predicted molar refractivity (Wildman–Crippen MR) is 66.2 cm³/mol. The number of rotatable bonds is 4. The van der Waals surface area contributed by atoms with Gasteiger partial charge in [0.2, 0.25) is 0 Å². The van der Waals surface area contributed by atoms with Crippen LogP contribution in [-0.4, -0.2) is 11.1 Å². The van der Waals surface area contributed by atoms with Gasteiger partial charge in [0.05, 0.1) is 6.42 Å². The number of carboxylic acids is 1. The van der Waals surface area contributed by atoms with Crippen LogP contribution in [0.15, 0.2) is 24.3 Å². The highest BCUT2D eigenvalue weighted by molar-refractivity contribution is 5.69. The number of hydrogen-bond acceptors (Lipinski definition) is 1. The molecule has 2 nitrogen and oxygen atoms in total. The van der Waals surface area contributed by atoms with Gasteiger partial charge in [-0.1, -0.05) is 30.7 Å². The molecular formula is C15H18O2. The van der Waals surface area contributed by atoms with Crippen LogP contribution in [0.4, 0.5) is 0 Å². The van der Waals surface area contributed by atoms with E-state index in [-0.39, 0.29) is 5.41 Å². The van der Waals surface area contributed by atoms with Gasteiger partial charge in [-0.15, -0.1) is 0 Å². The first kappa shape index (κ1) is 10.8. The minimum absolute atomic E-state index is 0.0506. The first-order chi connectivity index (χ1) is 8.21. The van der Waals surface area contributed by atoms with Crippen molar-refractivity contribution in [2.45, 2.75) is 49.9 Å². The Balaban J connectivity index is 1.98. The molecule has 2 aliphatic carbocycles. The van der Waals surface area contributed by atoms with E-state index in [1.165, 1.54) is 30.4 Å². The molecule has 2 saturated carbocycles. The topological polar surface area (TPSA) is 37.3 Å². The van der Waals surface area contributed by atoms with Crippen molar-refractivity contribution in [3.8, 4) is 0 Å². The standard InChI is InChI=1S/C15H18O2/c16-14(17)10-15(8-3-9-15)13-5-2-1-4-12(13)11-6-7-11/h1-2,4-5,11H,3,6-10H2,(H,16,17). The molecule has 0 radical (unpaired) electrons. The largest absolute Gasteiger partial charge is 0.481 e. The van der Waals surface area contributed by atoms with Crippen molar-refractivity contribution in [3.05, 3.63) is 35.4 Å². The van der Waals surface area contributed by atoms with Crippen LogP contribution in [0.2, 0.25) is 0 Å². The Bertz CT molecular complexity index is 442. The highest BCUT2D eigenvalue weighted by atomic mass is 16.4. The molecule has 90 valence electrons. The van der Waals surface area contributed by atoms with Crippen molar-refractivity contribution in [3.63, 3.8) is 0 Å². The van der Waals surface area contributed by atoms with Gasteiger partial charge in [0.15, 0.2) is 0 Å². The maximum absolute atomic E-state index is 11.1. The molecule has 17 heavy (non-hydrogen) atoms. The molecule has 0 amide bonds. The molecule has 0 aliphatic heterocycles. The molecular weight excluding hydrogens is 212 g/mol. The maximum Gasteiger partial charge on any atom is 0.304 e. The average Bonchev–Trinajstić information content (AvgIpc) is 3.07. The van der Waals surface area contributed by atoms with E-state index >= 15 is 0 Å². The Morgan fingerprint density at radius 1 is 1.29 bits per heavy atom. The van der Waals surface area contributed by atoms with Crippen molar-refractivity contribution < 1.29 is 9.90 Å². The summed E-state index contributed by atoms with van der Waals surface area (Å²) >= 11 is 0. The van der Waals surface area contributed by atoms with Crippen LogP contribution >= 0.6 is 0 Å². The van der Waals surface area contributed by atoms with E-state index in [1.54, 1.807) is 0 Å². The Labute approximate surface area is 102 Å². The van der Waals surface area contributed by atoms with Gasteiger partial charge in [0.25, 0.3) is 0 Å². The van der Waals surface area contributed by atoms with Gasteiger partial charge in [-0.05, 0) is 42.7 Å². The fourth-order valence-electron chi connectivity index (χ4n) is 3.16. The summed E-state index contributed by atoms with van der Waals surface area (Å²) in [7, 11) is 0. The quantitative estimate of drug-likeness (QED) is 0.860. The van der Waals surface area contributed by atoms with E-state index in [0.29, 0.717) is 12.3 Å². The molecule has 0 saturated heterocycles. The Morgan fingerprint density at radius 3 is 2.53 bits per heavy atom. The van der Waals surface area contributed by atoms with Crippen LogP contribution in [0.3, 0.4) is 0 Å². The lowest BCUT2D eigenvalue weighted by atomic mass is 9.61. The lowest BCUT2D eigenvalue weighted by Gasteiger charge is -2.42. The van der Waals surface area contributed by atoms with Crippen molar-refractivity contribution in [1.82, 2.24) is 0 Å². The van der Waals surface area contributed by atoms with Crippen LogP contribution in [0.25, 0.3) is 0 Å². The lowest BCUT2D eigenvalue weighted by Crippen LogP contribution is -2.37. The van der Waals surface area contributed by atoms with Crippen LogP contribution in [0, 0.1) is 0 Å². The summed E-state index contributed by atoms with van der Waals surface area (Å²) in [6.45, 7) is 0. The Kier molecular flexibility index (Phi) is 2.46. The molecule has 2 heteroatoms. The molecule has 2 fully saturated rings. The highest BCUT2D eigenvalue weighted by Gasteiger charge is 2.43. The van der Waals surface area contributed by atoms with Gasteiger partial charge < -0.3 is 5.11 Å². The number of benzene rings is 1. The minimum Gasteiger partial charge on any atom is -0.481 e. The number of carboxylic acid groups (broad SMARTS) is 1. The fourth-order valence-corrected chi connectivity index (χ4v) is 3.16. The van der Waals surface area contributed by atoms with Crippen molar-refractivity contribution in [1.29, 1.82) is 0 Å². The second-order valence-electron chi connectivity index (χ2n) is 5.57. The molecule has 1 N–H and O–H groups in total. The number of hydrogen-bond donors (Lipinski definition) is 1. The summed E-state index contributed by atoms with van der Waals surface area (Å²) in [6, 6.07) is 8.51. The highest BCUT2D eigenvalue weighted by Crippen LogP contribution is 2.52. The van der Waals surface area contributed by atoms with Crippen LogP contribution in [-0.2, 0) is 10.2 Å². The predicted octanol–water partition coefficient (Wildman–Crippen LogP) is 3.46. The summed E-state index contributed by atoms with van der Waals surface area (Å²) in [5.41, 5.74) is 2.70. The molecule has 0 heterocycles. The Hall–Kier alpha value is -1.31. The molecule has 1 aromatic rings. The van der Waals surface area contributed by atoms with Crippen molar-refractivity contribution in [2.75, 3.05) is 0 Å². The number of aliphatic carboxylic acids is 1. The van der Waals surface area contributed by atoms with Crippen molar-refractivity contribution >= 4 is 5.97 Å². The van der Waals surface area contributed by atoms with E-state index in [9.17, 15) is 4.79 Å². The first-order valence-electron chi connectivity index (χ1n) is 6.52. The van der Waals surface area contributed by atoms with Crippen LogP contribution in [0.1, 0.15) is 55.6 Å². The number of carbonyl (C=O) groups is 1. The second kappa shape index (κ2) is 3.86. The second-order valence-corrected chi connectivity index (χ2v) is 5.57. The van der Waals surface area contributed by atoms with Crippen LogP contribution in [0.5, 0.6) is 0 Å². The van der Waals surface area contributed by atoms with Gasteiger partial charge in [0, 0.05) is 5.41 Å². The normalized spacial score (nSPS) is 21.9. The molecule has 1 aromatic carbocycles. The van der Waals surface area contributed by atoms with E-state index in [4.69, 9.17) is 5.11 Å². The van der Waals surface area contributed by atoms with Gasteiger partial charge in [-0.3, -0.25) is 4.79 Å². The van der Waals surface area contributed by atoms with Crippen LogP contribution < -0.4 is 0 Å². The van der Waals surface area contributed by atoms with Crippen molar-refractivity contribution in [2.24, 2.45) is 0 Å². The van der Waals surface area contributed by atoms with Gasteiger partial charge in [-0.2, -0.15) is 0 Å². The zero-order valence-corrected chi connectivity index (χ0v) is 9.98. The maximum atomic E-state index is 11.1. The molecule has 0 aromatic heterocycles. The summed E-state index contributed by atoms with van der Waals surface area (Å²) in [5.74, 6) is 0.0489. The summed E-state index contributed by atoms with van der Waals surface area (Å²) < 4.78 is 0. The van der Waals surface area contributed by atoms with E-state index in [0.717, 1.165) is 12.8 Å². The third-order valence-electron chi connectivity index (χ3n) is 4.35. The Morgan fingerprint density at radius 2 is 2.00 bits per heavy atom. The third-order valence-corrected chi connectivity index (χ3v) is 4.35. The smallest absolute Gasteiger partial charge is 0.304 e. The first-order valence-corrected chi connectivity index (χ1v) is 6.52.